The molecular weight excluding hydrogens is 234 g/mol. The second-order valence-corrected chi connectivity index (χ2v) is 7.44. The lowest BCUT2D eigenvalue weighted by Gasteiger charge is -2.47. The Morgan fingerprint density at radius 3 is 2.26 bits per heavy atom. The molecule has 3 heteroatoms. The van der Waals surface area contributed by atoms with E-state index in [0.29, 0.717) is 10.8 Å². The maximum atomic E-state index is 4.39. The fourth-order valence-corrected chi connectivity index (χ4v) is 2.88. The van der Waals surface area contributed by atoms with E-state index in [-0.39, 0.29) is 0 Å². The molecule has 0 amide bonds. The van der Waals surface area contributed by atoms with E-state index < -0.39 is 0 Å². The molecule has 3 nitrogen and oxygen atoms in total. The maximum absolute atomic E-state index is 4.39. The summed E-state index contributed by atoms with van der Waals surface area (Å²) in [6.45, 7) is 15.1. The highest BCUT2D eigenvalue weighted by atomic mass is 15.2. The number of hydrogen-bond donors (Lipinski definition) is 0. The van der Waals surface area contributed by atoms with Gasteiger partial charge < -0.3 is 4.57 Å². The van der Waals surface area contributed by atoms with Gasteiger partial charge in [-0.2, -0.15) is 0 Å². The van der Waals surface area contributed by atoms with Gasteiger partial charge in [0.25, 0.3) is 0 Å². The lowest BCUT2D eigenvalue weighted by atomic mass is 9.63. The predicted octanol–water partition coefficient (Wildman–Crippen LogP) is 3.38. The van der Waals surface area contributed by atoms with Gasteiger partial charge in [0.2, 0.25) is 0 Å². The number of piperidine rings is 1. The molecule has 19 heavy (non-hydrogen) atoms. The largest absolute Gasteiger partial charge is 0.334 e. The highest BCUT2D eigenvalue weighted by Gasteiger charge is 2.39. The summed E-state index contributed by atoms with van der Waals surface area (Å²) >= 11 is 0. The van der Waals surface area contributed by atoms with Crippen LogP contribution in [0.15, 0.2) is 6.20 Å². The van der Waals surface area contributed by atoms with Crippen molar-refractivity contribution in [2.75, 3.05) is 13.1 Å². The minimum Gasteiger partial charge on any atom is -0.334 e. The second-order valence-electron chi connectivity index (χ2n) is 7.44. The molecule has 0 N–H and O–H groups in total. The Balaban J connectivity index is 1.96. The Kier molecular flexibility index (Phi) is 3.78. The van der Waals surface area contributed by atoms with Crippen LogP contribution in [-0.4, -0.2) is 27.5 Å². The van der Waals surface area contributed by atoms with E-state index in [1.807, 2.05) is 6.20 Å². The van der Waals surface area contributed by atoms with Gasteiger partial charge in [0.1, 0.15) is 5.82 Å². The molecule has 1 fully saturated rings. The number of hydrogen-bond acceptors (Lipinski definition) is 2. The van der Waals surface area contributed by atoms with Gasteiger partial charge in [-0.3, -0.25) is 4.90 Å². The van der Waals surface area contributed by atoms with Crippen molar-refractivity contribution < 1.29 is 0 Å². The van der Waals surface area contributed by atoms with Gasteiger partial charge in [-0.15, -0.1) is 0 Å². The third-order valence-corrected chi connectivity index (χ3v) is 5.47. The van der Waals surface area contributed by atoms with Gasteiger partial charge in [-0.05, 0) is 43.7 Å². The topological polar surface area (TPSA) is 21.1 Å². The minimum absolute atomic E-state index is 0.405. The Bertz CT molecular complexity index is 431. The van der Waals surface area contributed by atoms with Crippen molar-refractivity contribution in [1.82, 2.24) is 14.5 Å². The van der Waals surface area contributed by atoms with Crippen molar-refractivity contribution >= 4 is 0 Å². The molecule has 1 aromatic heterocycles. The number of nitrogens with zero attached hydrogens (tertiary/aromatic N) is 3. The molecule has 1 aliphatic heterocycles. The van der Waals surface area contributed by atoms with Crippen molar-refractivity contribution in [1.29, 1.82) is 0 Å². The SMILES string of the molecule is Cc1ncc(CN2CCC(C)(C(C)(C)C)CC2)n1C. The average Bonchev–Trinajstić information content (AvgIpc) is 2.63. The summed E-state index contributed by atoms with van der Waals surface area (Å²) in [6.07, 6.45) is 4.62. The van der Waals surface area contributed by atoms with Crippen LogP contribution >= 0.6 is 0 Å². The van der Waals surface area contributed by atoms with Crippen LogP contribution in [-0.2, 0) is 13.6 Å². The first-order chi connectivity index (χ1) is 8.73. The molecule has 0 radical (unpaired) electrons. The fraction of sp³-hybridized carbons (Fsp3) is 0.812. The maximum Gasteiger partial charge on any atom is 0.105 e. The third-order valence-electron chi connectivity index (χ3n) is 5.47. The number of rotatable bonds is 2. The zero-order chi connectivity index (χ0) is 14.3. The van der Waals surface area contributed by atoms with Crippen molar-refractivity contribution in [3.8, 4) is 0 Å². The summed E-state index contributed by atoms with van der Waals surface area (Å²) in [5.41, 5.74) is 2.21. The van der Waals surface area contributed by atoms with E-state index in [9.17, 15) is 0 Å². The first-order valence-corrected chi connectivity index (χ1v) is 7.42. The molecule has 0 spiro atoms. The standard InChI is InChI=1S/C16H29N3/c1-13-17-11-14(18(13)6)12-19-9-7-16(5,8-10-19)15(2,3)4/h11H,7-10,12H2,1-6H3. The number of aromatic nitrogens is 2. The van der Waals surface area contributed by atoms with Gasteiger partial charge in [-0.1, -0.05) is 27.7 Å². The van der Waals surface area contributed by atoms with Gasteiger partial charge in [0.15, 0.2) is 0 Å². The summed E-state index contributed by atoms with van der Waals surface area (Å²) < 4.78 is 2.21. The molecule has 108 valence electrons. The zero-order valence-electron chi connectivity index (χ0n) is 13.5. The number of imidazole rings is 1. The molecule has 0 saturated carbocycles. The Hall–Kier alpha value is -0.830. The van der Waals surface area contributed by atoms with E-state index in [0.717, 1.165) is 12.4 Å². The first-order valence-electron chi connectivity index (χ1n) is 7.42. The average molecular weight is 263 g/mol. The van der Waals surface area contributed by atoms with E-state index >= 15 is 0 Å². The molecule has 2 heterocycles. The Morgan fingerprint density at radius 1 is 1.26 bits per heavy atom. The van der Waals surface area contributed by atoms with Crippen LogP contribution in [0.5, 0.6) is 0 Å². The number of aryl methyl sites for hydroxylation is 1. The van der Waals surface area contributed by atoms with Crippen LogP contribution in [0.3, 0.4) is 0 Å². The van der Waals surface area contributed by atoms with Gasteiger partial charge >= 0.3 is 0 Å². The minimum atomic E-state index is 0.405. The Morgan fingerprint density at radius 2 is 1.84 bits per heavy atom. The molecule has 1 saturated heterocycles. The highest BCUT2D eigenvalue weighted by molar-refractivity contribution is 5.04. The molecule has 0 atom stereocenters. The second kappa shape index (κ2) is 4.93. The van der Waals surface area contributed by atoms with E-state index in [1.54, 1.807) is 0 Å². The quantitative estimate of drug-likeness (QED) is 0.815. The van der Waals surface area contributed by atoms with Gasteiger partial charge in [-0.25, -0.2) is 4.98 Å². The van der Waals surface area contributed by atoms with E-state index in [4.69, 9.17) is 0 Å². The lowest BCUT2D eigenvalue weighted by molar-refractivity contribution is 0.0191. The van der Waals surface area contributed by atoms with Gasteiger partial charge in [0, 0.05) is 19.8 Å². The molecule has 0 aromatic carbocycles. The summed E-state index contributed by atoms with van der Waals surface area (Å²) in [5.74, 6) is 1.10. The monoisotopic (exact) mass is 263 g/mol. The molecule has 1 aliphatic rings. The zero-order valence-corrected chi connectivity index (χ0v) is 13.5. The molecule has 2 rings (SSSR count). The van der Waals surface area contributed by atoms with Crippen LogP contribution < -0.4 is 0 Å². The van der Waals surface area contributed by atoms with Crippen LogP contribution in [0.4, 0.5) is 0 Å². The fourth-order valence-electron chi connectivity index (χ4n) is 2.88. The molecule has 0 aliphatic carbocycles. The van der Waals surface area contributed by atoms with Gasteiger partial charge in [0.05, 0.1) is 5.69 Å². The van der Waals surface area contributed by atoms with Crippen molar-refractivity contribution in [2.24, 2.45) is 17.9 Å². The van der Waals surface area contributed by atoms with Crippen LogP contribution in [0.1, 0.15) is 52.1 Å². The lowest BCUT2D eigenvalue weighted by Crippen LogP contribution is -2.44. The van der Waals surface area contributed by atoms with Crippen LogP contribution in [0.25, 0.3) is 0 Å². The van der Waals surface area contributed by atoms with Crippen molar-refractivity contribution in [3.05, 3.63) is 17.7 Å². The van der Waals surface area contributed by atoms with E-state index in [1.165, 1.54) is 31.6 Å². The first kappa shape index (κ1) is 14.6. The molecule has 0 bridgehead atoms. The predicted molar refractivity (Wildman–Crippen MR) is 80.0 cm³/mol. The van der Waals surface area contributed by atoms with E-state index in [2.05, 4.69) is 56.1 Å². The summed E-state index contributed by atoms with van der Waals surface area (Å²) in [4.78, 5) is 6.96. The third kappa shape index (κ3) is 2.86. The summed E-state index contributed by atoms with van der Waals surface area (Å²) in [5, 5.41) is 0. The molecular formula is C16H29N3. The summed E-state index contributed by atoms with van der Waals surface area (Å²) in [6, 6.07) is 0. The summed E-state index contributed by atoms with van der Waals surface area (Å²) in [7, 11) is 2.11. The molecule has 0 unspecified atom stereocenters. The highest BCUT2D eigenvalue weighted by Crippen LogP contribution is 2.46. The smallest absolute Gasteiger partial charge is 0.105 e. The van der Waals surface area contributed by atoms with Crippen molar-refractivity contribution in [2.45, 2.75) is 54.0 Å². The normalized spacial score (nSPS) is 20.7. The van der Waals surface area contributed by atoms with Crippen molar-refractivity contribution in [3.63, 3.8) is 0 Å². The van der Waals surface area contributed by atoms with Crippen LogP contribution in [0.2, 0.25) is 0 Å². The number of likely N-dealkylation sites (tertiary alicyclic amines) is 1. The molecule has 1 aromatic rings. The Labute approximate surface area is 118 Å². The van der Waals surface area contributed by atoms with Crippen LogP contribution in [0, 0.1) is 17.8 Å².